The maximum absolute atomic E-state index is 2.64. The summed E-state index contributed by atoms with van der Waals surface area (Å²) in [5, 5.41) is 0. The van der Waals surface area contributed by atoms with E-state index < -0.39 is 0 Å². The second-order valence-electron chi connectivity index (χ2n) is 6.42. The Morgan fingerprint density at radius 1 is 0.714 bits per heavy atom. The van der Waals surface area contributed by atoms with Crippen LogP contribution in [-0.4, -0.2) is 35.5 Å². The standard InChI is InChI=1S/C19H22N2/c1-3-7-16(8-4-1)11-20-13-18-14-21(19(18)15-20)12-17-9-5-2-6-10-17/h1-10,18-19H,11-15H2. The van der Waals surface area contributed by atoms with E-state index in [4.69, 9.17) is 0 Å². The van der Waals surface area contributed by atoms with Crippen LogP contribution in [0.15, 0.2) is 60.7 Å². The van der Waals surface area contributed by atoms with Crippen molar-refractivity contribution in [3.8, 4) is 0 Å². The predicted octanol–water partition coefficient (Wildman–Crippen LogP) is 3.00. The van der Waals surface area contributed by atoms with Crippen LogP contribution in [0.3, 0.4) is 0 Å². The minimum atomic E-state index is 0.772. The van der Waals surface area contributed by atoms with Crippen LogP contribution in [0, 0.1) is 5.92 Å². The van der Waals surface area contributed by atoms with Crippen molar-refractivity contribution in [2.75, 3.05) is 19.6 Å². The van der Waals surface area contributed by atoms with Crippen LogP contribution in [-0.2, 0) is 13.1 Å². The molecule has 2 heterocycles. The molecular weight excluding hydrogens is 256 g/mol. The molecule has 2 aromatic rings. The highest BCUT2D eigenvalue weighted by Crippen LogP contribution is 2.34. The van der Waals surface area contributed by atoms with Crippen LogP contribution < -0.4 is 0 Å². The van der Waals surface area contributed by atoms with Gasteiger partial charge in [0.2, 0.25) is 0 Å². The molecule has 0 aliphatic carbocycles. The van der Waals surface area contributed by atoms with Crippen LogP contribution in [0.25, 0.3) is 0 Å². The number of benzene rings is 2. The van der Waals surface area contributed by atoms with Crippen molar-refractivity contribution in [2.24, 2.45) is 5.92 Å². The first kappa shape index (κ1) is 13.1. The normalized spacial score (nSPS) is 25.5. The first-order valence-corrected chi connectivity index (χ1v) is 7.93. The van der Waals surface area contributed by atoms with E-state index in [1.54, 1.807) is 0 Å². The average molecular weight is 278 g/mol. The third-order valence-electron chi connectivity index (χ3n) is 4.90. The van der Waals surface area contributed by atoms with Gasteiger partial charge < -0.3 is 0 Å². The molecule has 2 fully saturated rings. The van der Waals surface area contributed by atoms with E-state index in [9.17, 15) is 0 Å². The molecule has 2 aliphatic heterocycles. The van der Waals surface area contributed by atoms with Crippen LogP contribution in [0.4, 0.5) is 0 Å². The smallest absolute Gasteiger partial charge is 0.0279 e. The first-order valence-electron chi connectivity index (χ1n) is 7.93. The Labute approximate surface area is 127 Å². The molecule has 2 atom stereocenters. The molecule has 0 amide bonds. The number of nitrogens with zero attached hydrogens (tertiary/aromatic N) is 2. The first-order chi connectivity index (χ1) is 10.4. The van der Waals surface area contributed by atoms with E-state index >= 15 is 0 Å². The van der Waals surface area contributed by atoms with Gasteiger partial charge in [-0.05, 0) is 11.1 Å². The van der Waals surface area contributed by atoms with E-state index in [0.29, 0.717) is 0 Å². The van der Waals surface area contributed by atoms with E-state index in [2.05, 4.69) is 70.5 Å². The van der Waals surface area contributed by atoms with E-state index in [1.807, 2.05) is 0 Å². The molecule has 0 radical (unpaired) electrons. The lowest BCUT2D eigenvalue weighted by molar-refractivity contribution is 0.0434. The highest BCUT2D eigenvalue weighted by atomic mass is 15.3. The van der Waals surface area contributed by atoms with Gasteiger partial charge in [0.05, 0.1) is 0 Å². The molecule has 2 aliphatic rings. The zero-order valence-corrected chi connectivity index (χ0v) is 12.4. The van der Waals surface area contributed by atoms with Gasteiger partial charge in [-0.25, -0.2) is 0 Å². The molecular formula is C19H22N2. The molecule has 4 rings (SSSR count). The second-order valence-corrected chi connectivity index (χ2v) is 6.42. The number of fused-ring (bicyclic) bond motifs is 1. The van der Waals surface area contributed by atoms with Crippen molar-refractivity contribution in [1.29, 1.82) is 0 Å². The zero-order chi connectivity index (χ0) is 14.1. The lowest BCUT2D eigenvalue weighted by Gasteiger charge is -2.43. The molecule has 2 nitrogen and oxygen atoms in total. The summed E-state index contributed by atoms with van der Waals surface area (Å²) in [6, 6.07) is 22.5. The van der Waals surface area contributed by atoms with Crippen molar-refractivity contribution < 1.29 is 0 Å². The van der Waals surface area contributed by atoms with E-state index in [1.165, 1.54) is 30.8 Å². The van der Waals surface area contributed by atoms with Crippen molar-refractivity contribution in [2.45, 2.75) is 19.1 Å². The van der Waals surface area contributed by atoms with Gasteiger partial charge in [-0.2, -0.15) is 0 Å². The molecule has 0 spiro atoms. The highest BCUT2D eigenvalue weighted by molar-refractivity contribution is 5.17. The summed E-state index contributed by atoms with van der Waals surface area (Å²) in [6.07, 6.45) is 0. The topological polar surface area (TPSA) is 6.48 Å². The van der Waals surface area contributed by atoms with Gasteiger partial charge in [-0.1, -0.05) is 60.7 Å². The molecule has 0 N–H and O–H groups in total. The monoisotopic (exact) mass is 278 g/mol. The molecule has 108 valence electrons. The lowest BCUT2D eigenvalue weighted by atomic mass is 9.91. The molecule has 0 bridgehead atoms. The van der Waals surface area contributed by atoms with Crippen molar-refractivity contribution in [3.05, 3.63) is 71.8 Å². The van der Waals surface area contributed by atoms with Crippen LogP contribution in [0.1, 0.15) is 11.1 Å². The lowest BCUT2D eigenvalue weighted by Crippen LogP contribution is -2.54. The van der Waals surface area contributed by atoms with Crippen molar-refractivity contribution >= 4 is 0 Å². The quantitative estimate of drug-likeness (QED) is 0.848. The number of hydrogen-bond donors (Lipinski definition) is 0. The van der Waals surface area contributed by atoms with Gasteiger partial charge in [0.1, 0.15) is 0 Å². The summed E-state index contributed by atoms with van der Waals surface area (Å²) in [4.78, 5) is 5.26. The predicted molar refractivity (Wildman–Crippen MR) is 85.8 cm³/mol. The van der Waals surface area contributed by atoms with Crippen LogP contribution in [0.5, 0.6) is 0 Å². The van der Waals surface area contributed by atoms with Gasteiger partial charge >= 0.3 is 0 Å². The molecule has 0 saturated carbocycles. The SMILES string of the molecule is c1ccc(CN2CC3CN(Cc4ccccc4)C3C2)cc1. The summed E-state index contributed by atoms with van der Waals surface area (Å²) in [6.45, 7) is 5.98. The van der Waals surface area contributed by atoms with Gasteiger partial charge in [0, 0.05) is 44.7 Å². The highest BCUT2D eigenvalue weighted by Gasteiger charge is 2.44. The van der Waals surface area contributed by atoms with E-state index in [0.717, 1.165) is 25.0 Å². The van der Waals surface area contributed by atoms with Gasteiger partial charge in [0.25, 0.3) is 0 Å². The Bertz CT molecular complexity index is 542. The molecule has 2 aromatic carbocycles. The maximum Gasteiger partial charge on any atom is 0.0279 e. The molecule has 2 saturated heterocycles. The Morgan fingerprint density at radius 2 is 1.33 bits per heavy atom. The maximum atomic E-state index is 2.64. The number of likely N-dealkylation sites (tertiary alicyclic amines) is 2. The fourth-order valence-corrected chi connectivity index (χ4v) is 3.80. The largest absolute Gasteiger partial charge is 0.297 e. The van der Waals surface area contributed by atoms with E-state index in [-0.39, 0.29) is 0 Å². The summed E-state index contributed by atoms with van der Waals surface area (Å²) >= 11 is 0. The Balaban J connectivity index is 1.34. The Kier molecular flexibility index (Phi) is 3.50. The third kappa shape index (κ3) is 2.74. The molecule has 2 heteroatoms. The summed E-state index contributed by atoms with van der Waals surface area (Å²) in [5.74, 6) is 0.887. The Morgan fingerprint density at radius 3 is 2.00 bits per heavy atom. The zero-order valence-electron chi connectivity index (χ0n) is 12.4. The Hall–Kier alpha value is -1.64. The van der Waals surface area contributed by atoms with Gasteiger partial charge in [-0.3, -0.25) is 9.80 Å². The average Bonchev–Trinajstić information content (AvgIpc) is 2.84. The second kappa shape index (κ2) is 5.63. The van der Waals surface area contributed by atoms with Crippen LogP contribution in [0.2, 0.25) is 0 Å². The van der Waals surface area contributed by atoms with Gasteiger partial charge in [0.15, 0.2) is 0 Å². The number of hydrogen-bond acceptors (Lipinski definition) is 2. The van der Waals surface area contributed by atoms with Crippen molar-refractivity contribution in [1.82, 2.24) is 9.80 Å². The van der Waals surface area contributed by atoms with Crippen LogP contribution >= 0.6 is 0 Å². The third-order valence-corrected chi connectivity index (χ3v) is 4.90. The number of rotatable bonds is 4. The summed E-state index contributed by atoms with van der Waals surface area (Å²) in [5.41, 5.74) is 2.88. The molecule has 0 aromatic heterocycles. The fourth-order valence-electron chi connectivity index (χ4n) is 3.80. The van der Waals surface area contributed by atoms with Gasteiger partial charge in [-0.15, -0.1) is 0 Å². The molecule has 2 unspecified atom stereocenters. The minimum Gasteiger partial charge on any atom is -0.297 e. The summed E-state index contributed by atoms with van der Waals surface area (Å²) < 4.78 is 0. The fraction of sp³-hybridized carbons (Fsp3) is 0.368. The molecule has 21 heavy (non-hydrogen) atoms. The summed E-state index contributed by atoms with van der Waals surface area (Å²) in [7, 11) is 0. The minimum absolute atomic E-state index is 0.772. The van der Waals surface area contributed by atoms with Crippen molar-refractivity contribution in [3.63, 3.8) is 0 Å².